The van der Waals surface area contributed by atoms with E-state index in [4.69, 9.17) is 4.74 Å². The standard InChI is InChI=1S/C18H28O2/c1-4-16(11-20-17(19)12(2)3)18-8-13-5-14(9-18)7-15(6-13)10-18/h13-16H,2,4-11H2,1,3H3. The monoisotopic (exact) mass is 276 g/mol. The van der Waals surface area contributed by atoms with E-state index in [2.05, 4.69) is 13.5 Å². The molecule has 0 aromatic carbocycles. The molecule has 4 saturated carbocycles. The van der Waals surface area contributed by atoms with Crippen molar-refractivity contribution >= 4 is 5.97 Å². The van der Waals surface area contributed by atoms with Gasteiger partial charge in [0.15, 0.2) is 0 Å². The Balaban J connectivity index is 1.69. The number of rotatable bonds is 5. The second kappa shape index (κ2) is 5.20. The second-order valence-corrected chi connectivity index (χ2v) is 7.76. The van der Waals surface area contributed by atoms with Gasteiger partial charge < -0.3 is 4.74 Å². The van der Waals surface area contributed by atoms with Crippen LogP contribution in [0.2, 0.25) is 0 Å². The van der Waals surface area contributed by atoms with Crippen LogP contribution in [0.3, 0.4) is 0 Å². The van der Waals surface area contributed by atoms with Crippen LogP contribution in [-0.4, -0.2) is 12.6 Å². The molecule has 2 heteroatoms. The Labute approximate surface area is 123 Å². The molecule has 0 spiro atoms. The normalized spacial score (nSPS) is 39.6. The molecule has 20 heavy (non-hydrogen) atoms. The lowest BCUT2D eigenvalue weighted by Crippen LogP contribution is -2.50. The fourth-order valence-corrected chi connectivity index (χ4v) is 5.70. The number of hydrogen-bond donors (Lipinski definition) is 0. The predicted molar refractivity (Wildman–Crippen MR) is 80.2 cm³/mol. The third-order valence-corrected chi connectivity index (χ3v) is 6.21. The van der Waals surface area contributed by atoms with E-state index in [1.165, 1.54) is 38.5 Å². The van der Waals surface area contributed by atoms with Gasteiger partial charge in [-0.3, -0.25) is 0 Å². The third kappa shape index (κ3) is 2.42. The van der Waals surface area contributed by atoms with Gasteiger partial charge in [0.05, 0.1) is 6.61 Å². The molecule has 0 saturated heterocycles. The Bertz CT molecular complexity index is 374. The Morgan fingerprint density at radius 2 is 1.70 bits per heavy atom. The Hall–Kier alpha value is -0.790. The number of carbonyl (C=O) groups excluding carboxylic acids is 1. The lowest BCUT2D eigenvalue weighted by atomic mass is 9.46. The summed E-state index contributed by atoms with van der Waals surface area (Å²) in [5.41, 5.74) is 1.00. The van der Waals surface area contributed by atoms with Gasteiger partial charge in [-0.1, -0.05) is 13.5 Å². The molecule has 4 aliphatic rings. The number of hydrogen-bond acceptors (Lipinski definition) is 2. The molecule has 0 radical (unpaired) electrons. The van der Waals surface area contributed by atoms with Crippen LogP contribution in [0.1, 0.15) is 58.8 Å². The number of carbonyl (C=O) groups is 1. The van der Waals surface area contributed by atoms with E-state index < -0.39 is 0 Å². The highest BCUT2D eigenvalue weighted by Crippen LogP contribution is 2.63. The van der Waals surface area contributed by atoms with Crippen LogP contribution < -0.4 is 0 Å². The van der Waals surface area contributed by atoms with Gasteiger partial charge >= 0.3 is 5.97 Å². The molecule has 0 aromatic heterocycles. The van der Waals surface area contributed by atoms with Gasteiger partial charge in [0.25, 0.3) is 0 Å². The summed E-state index contributed by atoms with van der Waals surface area (Å²) >= 11 is 0. The highest BCUT2D eigenvalue weighted by molar-refractivity contribution is 5.86. The molecule has 0 heterocycles. The summed E-state index contributed by atoms with van der Waals surface area (Å²) in [5.74, 6) is 3.24. The van der Waals surface area contributed by atoms with Crippen LogP contribution in [-0.2, 0) is 9.53 Å². The zero-order valence-electron chi connectivity index (χ0n) is 13.0. The quantitative estimate of drug-likeness (QED) is 0.551. The van der Waals surface area contributed by atoms with Crippen molar-refractivity contribution in [3.63, 3.8) is 0 Å². The van der Waals surface area contributed by atoms with Crippen molar-refractivity contribution in [3.05, 3.63) is 12.2 Å². The average Bonchev–Trinajstić information content (AvgIpc) is 2.37. The highest BCUT2D eigenvalue weighted by atomic mass is 16.5. The van der Waals surface area contributed by atoms with E-state index in [1.807, 2.05) is 0 Å². The van der Waals surface area contributed by atoms with Crippen molar-refractivity contribution in [2.75, 3.05) is 6.61 Å². The Morgan fingerprint density at radius 3 is 2.10 bits per heavy atom. The average molecular weight is 276 g/mol. The molecule has 2 nitrogen and oxygen atoms in total. The predicted octanol–water partition coefficient (Wildman–Crippen LogP) is 4.35. The molecule has 4 rings (SSSR count). The molecule has 4 fully saturated rings. The van der Waals surface area contributed by atoms with Gasteiger partial charge in [0.1, 0.15) is 0 Å². The maximum absolute atomic E-state index is 11.7. The van der Waals surface area contributed by atoms with Gasteiger partial charge in [-0.2, -0.15) is 0 Å². The zero-order valence-corrected chi connectivity index (χ0v) is 13.0. The van der Waals surface area contributed by atoms with Gasteiger partial charge in [0, 0.05) is 5.57 Å². The zero-order chi connectivity index (χ0) is 14.3. The largest absolute Gasteiger partial charge is 0.462 e. The highest BCUT2D eigenvalue weighted by Gasteiger charge is 2.53. The first kappa shape index (κ1) is 14.2. The fraction of sp³-hybridized carbons (Fsp3) is 0.833. The first-order chi connectivity index (χ1) is 9.52. The van der Waals surface area contributed by atoms with Crippen molar-refractivity contribution in [2.45, 2.75) is 58.8 Å². The Morgan fingerprint density at radius 1 is 1.20 bits per heavy atom. The van der Waals surface area contributed by atoms with E-state index in [-0.39, 0.29) is 5.97 Å². The van der Waals surface area contributed by atoms with Crippen LogP contribution in [0.5, 0.6) is 0 Å². The molecule has 1 unspecified atom stereocenters. The number of ether oxygens (including phenoxy) is 1. The minimum Gasteiger partial charge on any atom is -0.462 e. The van der Waals surface area contributed by atoms with Gasteiger partial charge in [-0.05, 0) is 81.0 Å². The molecule has 0 amide bonds. The summed E-state index contributed by atoms with van der Waals surface area (Å²) in [4.78, 5) is 11.7. The maximum atomic E-state index is 11.7. The van der Waals surface area contributed by atoms with Crippen LogP contribution >= 0.6 is 0 Å². The van der Waals surface area contributed by atoms with E-state index >= 15 is 0 Å². The van der Waals surface area contributed by atoms with Crippen molar-refractivity contribution in [1.82, 2.24) is 0 Å². The van der Waals surface area contributed by atoms with Crippen LogP contribution in [0.25, 0.3) is 0 Å². The van der Waals surface area contributed by atoms with Crippen molar-refractivity contribution in [3.8, 4) is 0 Å². The summed E-state index contributed by atoms with van der Waals surface area (Å²) in [5, 5.41) is 0. The van der Waals surface area contributed by atoms with E-state index in [1.54, 1.807) is 6.92 Å². The number of esters is 1. The molecule has 0 aromatic rings. The minimum absolute atomic E-state index is 0.215. The summed E-state index contributed by atoms with van der Waals surface area (Å²) in [6, 6.07) is 0. The minimum atomic E-state index is -0.215. The van der Waals surface area contributed by atoms with Crippen molar-refractivity contribution in [2.24, 2.45) is 29.1 Å². The van der Waals surface area contributed by atoms with Gasteiger partial charge in [-0.25, -0.2) is 4.79 Å². The molecule has 112 valence electrons. The van der Waals surface area contributed by atoms with Crippen LogP contribution in [0.15, 0.2) is 12.2 Å². The summed E-state index contributed by atoms with van der Waals surface area (Å²) < 4.78 is 5.51. The Kier molecular flexibility index (Phi) is 3.68. The topological polar surface area (TPSA) is 26.3 Å². The summed E-state index contributed by atoms with van der Waals surface area (Å²) in [6.45, 7) is 8.27. The van der Waals surface area contributed by atoms with E-state index in [9.17, 15) is 4.79 Å². The molecule has 1 atom stereocenters. The van der Waals surface area contributed by atoms with Gasteiger partial charge in [0.2, 0.25) is 0 Å². The lowest BCUT2D eigenvalue weighted by molar-refractivity contribution is -0.147. The smallest absolute Gasteiger partial charge is 0.333 e. The van der Waals surface area contributed by atoms with Crippen molar-refractivity contribution < 1.29 is 9.53 Å². The molecular weight excluding hydrogens is 248 g/mol. The molecular formula is C18H28O2. The van der Waals surface area contributed by atoms with E-state index in [0.29, 0.717) is 23.5 Å². The first-order valence-corrected chi connectivity index (χ1v) is 8.35. The molecule has 4 aliphatic carbocycles. The third-order valence-electron chi connectivity index (χ3n) is 6.21. The maximum Gasteiger partial charge on any atom is 0.333 e. The summed E-state index contributed by atoms with van der Waals surface area (Å²) in [6.07, 6.45) is 9.73. The van der Waals surface area contributed by atoms with Crippen LogP contribution in [0.4, 0.5) is 0 Å². The SMILES string of the molecule is C=C(C)C(=O)OCC(CC)C12CC3CC(CC(C3)C1)C2. The molecule has 0 aliphatic heterocycles. The summed E-state index contributed by atoms with van der Waals surface area (Å²) in [7, 11) is 0. The second-order valence-electron chi connectivity index (χ2n) is 7.76. The fourth-order valence-electron chi connectivity index (χ4n) is 5.70. The van der Waals surface area contributed by atoms with Crippen molar-refractivity contribution in [1.29, 1.82) is 0 Å². The lowest BCUT2D eigenvalue weighted by Gasteiger charge is -2.59. The molecule has 0 N–H and O–H groups in total. The van der Waals surface area contributed by atoms with Crippen LogP contribution in [0, 0.1) is 29.1 Å². The van der Waals surface area contributed by atoms with E-state index in [0.717, 1.165) is 24.2 Å². The van der Waals surface area contributed by atoms with Gasteiger partial charge in [-0.15, -0.1) is 0 Å². The molecule has 4 bridgehead atoms. The first-order valence-electron chi connectivity index (χ1n) is 8.35.